The molecule has 2 aromatic rings. The van der Waals surface area contributed by atoms with E-state index in [0.717, 1.165) is 28.8 Å². The zero-order valence-electron chi connectivity index (χ0n) is 11.6. The maximum absolute atomic E-state index is 11.1. The Bertz CT molecular complexity index is 689. The molecule has 0 saturated carbocycles. The van der Waals surface area contributed by atoms with E-state index in [1.54, 1.807) is 18.3 Å². The van der Waals surface area contributed by atoms with Crippen molar-refractivity contribution in [3.8, 4) is 0 Å². The highest BCUT2D eigenvalue weighted by molar-refractivity contribution is 7.92. The van der Waals surface area contributed by atoms with E-state index in [1.807, 2.05) is 32.0 Å². The molecular formula is C14H17N3O2S. The summed E-state index contributed by atoms with van der Waals surface area (Å²) >= 11 is 0. The highest BCUT2D eigenvalue weighted by atomic mass is 32.2. The van der Waals surface area contributed by atoms with Gasteiger partial charge in [-0.25, -0.2) is 13.4 Å². The van der Waals surface area contributed by atoms with Crippen LogP contribution in [0.25, 0.3) is 0 Å². The standard InChI is InChI=1S/C14H17N3O2S/c1-10-5-4-6-11(2)14(10)16-12-7-8-13(15-9-12)17-20(3,18)19/h4-9,16H,1-3H3,(H,15,17). The number of pyridine rings is 1. The number of aryl methyl sites for hydroxylation is 2. The van der Waals surface area contributed by atoms with E-state index in [9.17, 15) is 8.42 Å². The van der Waals surface area contributed by atoms with E-state index in [4.69, 9.17) is 0 Å². The maximum Gasteiger partial charge on any atom is 0.230 e. The first-order valence-electron chi connectivity index (χ1n) is 6.12. The molecule has 1 aromatic carbocycles. The minimum absolute atomic E-state index is 0.305. The third-order valence-electron chi connectivity index (χ3n) is 2.80. The van der Waals surface area contributed by atoms with E-state index in [0.29, 0.717) is 5.82 Å². The second kappa shape index (κ2) is 5.50. The number of para-hydroxylation sites is 1. The van der Waals surface area contributed by atoms with Gasteiger partial charge in [0.05, 0.1) is 18.1 Å². The van der Waals surface area contributed by atoms with Crippen LogP contribution in [0.4, 0.5) is 17.2 Å². The normalized spacial score (nSPS) is 11.2. The highest BCUT2D eigenvalue weighted by Gasteiger charge is 2.05. The summed E-state index contributed by atoms with van der Waals surface area (Å²) < 4.78 is 24.5. The molecule has 0 aliphatic rings. The number of hydrogen-bond acceptors (Lipinski definition) is 4. The Kier molecular flexibility index (Phi) is 3.94. The molecule has 0 bridgehead atoms. The molecule has 0 atom stereocenters. The molecule has 1 heterocycles. The van der Waals surface area contributed by atoms with Gasteiger partial charge in [-0.3, -0.25) is 4.72 Å². The molecule has 0 aliphatic carbocycles. The van der Waals surface area contributed by atoms with Gasteiger partial charge in [-0.2, -0.15) is 0 Å². The Morgan fingerprint density at radius 2 is 1.70 bits per heavy atom. The van der Waals surface area contributed by atoms with Crippen molar-refractivity contribution >= 4 is 27.2 Å². The van der Waals surface area contributed by atoms with Gasteiger partial charge in [-0.05, 0) is 37.1 Å². The average molecular weight is 291 g/mol. The van der Waals surface area contributed by atoms with Crippen molar-refractivity contribution in [3.05, 3.63) is 47.7 Å². The summed E-state index contributed by atoms with van der Waals surface area (Å²) in [5.74, 6) is 0.305. The lowest BCUT2D eigenvalue weighted by atomic mass is 10.1. The second-order valence-electron chi connectivity index (χ2n) is 4.70. The van der Waals surface area contributed by atoms with Crippen molar-refractivity contribution in [2.45, 2.75) is 13.8 Å². The third kappa shape index (κ3) is 3.71. The van der Waals surface area contributed by atoms with Crippen LogP contribution in [0.5, 0.6) is 0 Å². The predicted octanol–water partition coefficient (Wildman–Crippen LogP) is 2.81. The predicted molar refractivity (Wildman–Crippen MR) is 81.9 cm³/mol. The zero-order chi connectivity index (χ0) is 14.8. The molecule has 0 aliphatic heterocycles. The van der Waals surface area contributed by atoms with Crippen molar-refractivity contribution in [2.24, 2.45) is 0 Å². The lowest BCUT2D eigenvalue weighted by Crippen LogP contribution is -2.10. The van der Waals surface area contributed by atoms with Crippen LogP contribution < -0.4 is 10.0 Å². The van der Waals surface area contributed by atoms with Gasteiger partial charge in [0.2, 0.25) is 10.0 Å². The molecule has 0 radical (unpaired) electrons. The number of rotatable bonds is 4. The van der Waals surface area contributed by atoms with Crippen LogP contribution in [0.3, 0.4) is 0 Å². The molecular weight excluding hydrogens is 274 g/mol. The van der Waals surface area contributed by atoms with Gasteiger partial charge in [0.15, 0.2) is 0 Å². The Morgan fingerprint density at radius 1 is 1.05 bits per heavy atom. The smallest absolute Gasteiger partial charge is 0.230 e. The number of hydrogen-bond donors (Lipinski definition) is 2. The van der Waals surface area contributed by atoms with Crippen LogP contribution in [0, 0.1) is 13.8 Å². The topological polar surface area (TPSA) is 71.1 Å². The summed E-state index contributed by atoms with van der Waals surface area (Å²) in [5.41, 5.74) is 4.13. The van der Waals surface area contributed by atoms with Gasteiger partial charge in [0.1, 0.15) is 5.82 Å². The fourth-order valence-corrected chi connectivity index (χ4v) is 2.37. The fraction of sp³-hybridized carbons (Fsp3) is 0.214. The lowest BCUT2D eigenvalue weighted by Gasteiger charge is -2.12. The molecule has 0 fully saturated rings. The van der Waals surface area contributed by atoms with Crippen LogP contribution in [0.2, 0.25) is 0 Å². The average Bonchev–Trinajstić information content (AvgIpc) is 2.34. The number of anilines is 3. The molecule has 106 valence electrons. The van der Waals surface area contributed by atoms with Crippen LogP contribution in [0.1, 0.15) is 11.1 Å². The van der Waals surface area contributed by atoms with Gasteiger partial charge in [-0.1, -0.05) is 18.2 Å². The van der Waals surface area contributed by atoms with Gasteiger partial charge < -0.3 is 5.32 Å². The minimum atomic E-state index is -3.30. The Balaban J connectivity index is 2.19. The number of sulfonamides is 1. The lowest BCUT2D eigenvalue weighted by molar-refractivity contribution is 0.606. The Labute approximate surface area is 119 Å². The number of benzene rings is 1. The van der Waals surface area contributed by atoms with Crippen LogP contribution in [-0.4, -0.2) is 19.7 Å². The first kappa shape index (κ1) is 14.3. The summed E-state index contributed by atoms with van der Waals surface area (Å²) in [6.07, 6.45) is 2.69. The largest absolute Gasteiger partial charge is 0.354 e. The van der Waals surface area contributed by atoms with Gasteiger partial charge >= 0.3 is 0 Å². The van der Waals surface area contributed by atoms with Crippen LogP contribution >= 0.6 is 0 Å². The van der Waals surface area contributed by atoms with E-state index in [2.05, 4.69) is 15.0 Å². The first-order valence-corrected chi connectivity index (χ1v) is 8.01. The monoisotopic (exact) mass is 291 g/mol. The summed E-state index contributed by atoms with van der Waals surface area (Å²) in [5, 5.41) is 3.29. The van der Waals surface area contributed by atoms with E-state index in [-0.39, 0.29) is 0 Å². The summed E-state index contributed by atoms with van der Waals surface area (Å²) in [4.78, 5) is 4.07. The van der Waals surface area contributed by atoms with Gasteiger partial charge in [0.25, 0.3) is 0 Å². The zero-order valence-corrected chi connectivity index (χ0v) is 12.5. The SMILES string of the molecule is Cc1cccc(C)c1Nc1ccc(NS(C)(=O)=O)nc1. The van der Waals surface area contributed by atoms with Crippen molar-refractivity contribution in [3.63, 3.8) is 0 Å². The summed E-state index contributed by atoms with van der Waals surface area (Å²) in [6, 6.07) is 9.47. The number of nitrogens with zero attached hydrogens (tertiary/aromatic N) is 1. The second-order valence-corrected chi connectivity index (χ2v) is 6.45. The van der Waals surface area contributed by atoms with Crippen LogP contribution in [0.15, 0.2) is 36.5 Å². The molecule has 2 N–H and O–H groups in total. The van der Waals surface area contributed by atoms with Gasteiger partial charge in [0, 0.05) is 5.69 Å². The molecule has 0 unspecified atom stereocenters. The highest BCUT2D eigenvalue weighted by Crippen LogP contribution is 2.24. The van der Waals surface area contributed by atoms with Crippen LogP contribution in [-0.2, 0) is 10.0 Å². The van der Waals surface area contributed by atoms with Crippen molar-refractivity contribution < 1.29 is 8.42 Å². The molecule has 1 aromatic heterocycles. The molecule has 5 nitrogen and oxygen atoms in total. The van der Waals surface area contributed by atoms with Crippen molar-refractivity contribution in [1.82, 2.24) is 4.98 Å². The number of aromatic nitrogens is 1. The van der Waals surface area contributed by atoms with Crippen molar-refractivity contribution in [1.29, 1.82) is 0 Å². The van der Waals surface area contributed by atoms with Gasteiger partial charge in [-0.15, -0.1) is 0 Å². The maximum atomic E-state index is 11.1. The molecule has 0 amide bonds. The van der Waals surface area contributed by atoms with E-state index in [1.165, 1.54) is 0 Å². The third-order valence-corrected chi connectivity index (χ3v) is 3.38. The molecule has 2 rings (SSSR count). The molecule has 6 heteroatoms. The quantitative estimate of drug-likeness (QED) is 0.908. The molecule has 0 spiro atoms. The van der Waals surface area contributed by atoms with E-state index < -0.39 is 10.0 Å². The summed E-state index contributed by atoms with van der Waals surface area (Å²) in [7, 11) is -3.30. The fourth-order valence-electron chi connectivity index (χ4n) is 1.87. The van der Waals surface area contributed by atoms with Crippen molar-refractivity contribution in [2.75, 3.05) is 16.3 Å². The number of nitrogens with one attached hydrogen (secondary N) is 2. The minimum Gasteiger partial charge on any atom is -0.354 e. The Morgan fingerprint density at radius 3 is 2.20 bits per heavy atom. The molecule has 20 heavy (non-hydrogen) atoms. The summed E-state index contributed by atoms with van der Waals surface area (Å²) in [6.45, 7) is 4.06. The molecule has 0 saturated heterocycles. The Hall–Kier alpha value is -2.08. The van der Waals surface area contributed by atoms with E-state index >= 15 is 0 Å². The first-order chi connectivity index (χ1) is 9.35.